The molecule has 0 bridgehead atoms. The lowest BCUT2D eigenvalue weighted by Crippen LogP contribution is -2.25. The van der Waals surface area contributed by atoms with Crippen LogP contribution in [0.3, 0.4) is 0 Å². The van der Waals surface area contributed by atoms with E-state index < -0.39 is 0 Å². The fourth-order valence-corrected chi connectivity index (χ4v) is 4.17. The van der Waals surface area contributed by atoms with Crippen LogP contribution in [0.1, 0.15) is 35.6 Å². The van der Waals surface area contributed by atoms with Crippen molar-refractivity contribution in [2.24, 2.45) is 0 Å². The number of hydrogen-bond acceptors (Lipinski definition) is 3. The van der Waals surface area contributed by atoms with Gasteiger partial charge in [-0.3, -0.25) is 0 Å². The zero-order valence-electron chi connectivity index (χ0n) is 13.7. The van der Waals surface area contributed by atoms with Crippen molar-refractivity contribution in [2.45, 2.75) is 25.2 Å². The van der Waals surface area contributed by atoms with Gasteiger partial charge in [-0.2, -0.15) is 0 Å². The van der Waals surface area contributed by atoms with Gasteiger partial charge in [-0.1, -0.05) is 24.3 Å². The van der Waals surface area contributed by atoms with Gasteiger partial charge in [-0.15, -0.1) is 9.94 Å². The van der Waals surface area contributed by atoms with Gasteiger partial charge in [0.15, 0.2) is 0 Å². The Bertz CT molecular complexity index is 903. The number of hydrogen-bond donors (Lipinski definition) is 1. The van der Waals surface area contributed by atoms with Gasteiger partial charge in [0.2, 0.25) is 0 Å². The van der Waals surface area contributed by atoms with Gasteiger partial charge < -0.3 is 5.21 Å². The molecule has 0 spiro atoms. The quantitative estimate of drug-likeness (QED) is 0.362. The lowest BCUT2D eigenvalue weighted by atomic mass is 9.89. The summed E-state index contributed by atoms with van der Waals surface area (Å²) < 4.78 is 15.8. The lowest BCUT2D eigenvalue weighted by Gasteiger charge is -2.27. The molecule has 4 rings (SSSR count). The fraction of sp³-hybridized carbons (Fsp3) is 0.316. The minimum absolute atomic E-state index is 0.226. The maximum atomic E-state index is 13.5. The molecule has 1 aliphatic rings. The largest absolute Gasteiger partial charge is 0.412 e. The van der Waals surface area contributed by atoms with Gasteiger partial charge in [0, 0.05) is 47.9 Å². The molecule has 0 atom stereocenters. The second-order valence-corrected chi connectivity index (χ2v) is 8.00. The molecule has 0 saturated carbocycles. The van der Waals surface area contributed by atoms with E-state index in [1.807, 2.05) is 18.2 Å². The smallest absolute Gasteiger partial charge is 0.123 e. The van der Waals surface area contributed by atoms with Crippen LogP contribution in [0.25, 0.3) is 10.8 Å². The third-order valence-electron chi connectivity index (χ3n) is 4.93. The zero-order chi connectivity index (χ0) is 17.4. The molecule has 1 fully saturated rings. The van der Waals surface area contributed by atoms with Crippen LogP contribution in [0.5, 0.6) is 0 Å². The van der Waals surface area contributed by atoms with E-state index in [0.717, 1.165) is 58.4 Å². The summed E-state index contributed by atoms with van der Waals surface area (Å²) in [5.74, 6) is 0.204. The molecule has 1 N–H and O–H groups in total. The fourth-order valence-electron chi connectivity index (χ4n) is 3.62. The molecule has 0 radical (unpaired) electrons. The average molecular weight is 451 g/mol. The predicted octanol–water partition coefficient (Wildman–Crippen LogP) is 4.53. The molecule has 2 aromatic carbocycles. The zero-order valence-corrected chi connectivity index (χ0v) is 15.9. The van der Waals surface area contributed by atoms with E-state index in [0.29, 0.717) is 12.3 Å². The van der Waals surface area contributed by atoms with Crippen LogP contribution in [-0.2, 0) is 6.42 Å². The van der Waals surface area contributed by atoms with E-state index in [1.54, 1.807) is 18.3 Å². The minimum atomic E-state index is -0.226. The van der Waals surface area contributed by atoms with E-state index in [-0.39, 0.29) is 5.82 Å². The van der Waals surface area contributed by atoms with Crippen molar-refractivity contribution in [3.63, 3.8) is 0 Å². The number of halogens is 2. The molecule has 0 aliphatic carbocycles. The van der Waals surface area contributed by atoms with Crippen molar-refractivity contribution < 1.29 is 9.60 Å². The van der Waals surface area contributed by atoms with Gasteiger partial charge >= 0.3 is 0 Å². The first-order chi connectivity index (χ1) is 12.1. The van der Waals surface area contributed by atoms with Gasteiger partial charge in [-0.25, -0.2) is 7.50 Å². The third kappa shape index (κ3) is 3.64. The van der Waals surface area contributed by atoms with Gasteiger partial charge in [0.05, 0.1) is 11.9 Å². The third-order valence-corrected chi connectivity index (χ3v) is 5.89. The predicted molar refractivity (Wildman–Crippen MR) is 104 cm³/mol. The van der Waals surface area contributed by atoms with Crippen molar-refractivity contribution >= 4 is 33.6 Å². The SMILES string of the molecule is On1cc(C2CCN(I)CC2)c(Cc2ccc3ccc(F)cc3c2)n1. The van der Waals surface area contributed by atoms with E-state index in [4.69, 9.17) is 0 Å². The first-order valence-electron chi connectivity index (χ1n) is 8.45. The van der Waals surface area contributed by atoms with Gasteiger partial charge in [0.1, 0.15) is 5.82 Å². The summed E-state index contributed by atoms with van der Waals surface area (Å²) in [4.78, 5) is 0.932. The molecule has 0 amide bonds. The Morgan fingerprint density at radius 3 is 2.68 bits per heavy atom. The van der Waals surface area contributed by atoms with Crippen molar-refractivity contribution in [2.75, 3.05) is 13.1 Å². The summed E-state index contributed by atoms with van der Waals surface area (Å²) in [5, 5.41) is 16.0. The molecule has 0 unspecified atom stereocenters. The van der Waals surface area contributed by atoms with Crippen molar-refractivity contribution in [1.29, 1.82) is 0 Å². The molecular weight excluding hydrogens is 432 g/mol. The molecule has 6 heteroatoms. The minimum Gasteiger partial charge on any atom is -0.412 e. The molecular formula is C19H19FIN3O. The Morgan fingerprint density at radius 2 is 1.88 bits per heavy atom. The highest BCUT2D eigenvalue weighted by Gasteiger charge is 2.24. The van der Waals surface area contributed by atoms with Gasteiger partial charge in [0.25, 0.3) is 0 Å². The highest BCUT2D eigenvalue weighted by molar-refractivity contribution is 14.1. The van der Waals surface area contributed by atoms with Crippen LogP contribution in [0.15, 0.2) is 42.6 Å². The molecule has 3 aromatic rings. The number of fused-ring (bicyclic) bond motifs is 1. The summed E-state index contributed by atoms with van der Waals surface area (Å²) in [6.45, 7) is 2.10. The summed E-state index contributed by atoms with van der Waals surface area (Å²) in [6, 6.07) is 10.9. The number of piperidine rings is 1. The summed E-state index contributed by atoms with van der Waals surface area (Å²) in [6.07, 6.45) is 4.53. The van der Waals surface area contributed by atoms with Crippen molar-refractivity contribution in [1.82, 2.24) is 13.1 Å². The van der Waals surface area contributed by atoms with Crippen molar-refractivity contribution in [3.05, 3.63) is 65.2 Å². The molecule has 4 nitrogen and oxygen atoms in total. The second-order valence-electron chi connectivity index (χ2n) is 6.64. The normalized spacial score (nSPS) is 16.6. The van der Waals surface area contributed by atoms with Crippen LogP contribution < -0.4 is 0 Å². The van der Waals surface area contributed by atoms with Crippen LogP contribution >= 0.6 is 22.9 Å². The number of nitrogens with zero attached hydrogens (tertiary/aromatic N) is 3. The molecule has 25 heavy (non-hydrogen) atoms. The Morgan fingerprint density at radius 1 is 1.12 bits per heavy atom. The summed E-state index contributed by atoms with van der Waals surface area (Å²) in [5.41, 5.74) is 3.11. The standard InChI is InChI=1S/C19H19FIN3O/c20-17-4-3-14-2-1-13(9-16(14)11-17)10-19-18(12-24(25)22-19)15-5-7-23(21)8-6-15/h1-4,9,11-12,15,25H,5-8,10H2. The first kappa shape index (κ1) is 16.8. The van der Waals surface area contributed by atoms with E-state index >= 15 is 0 Å². The molecule has 1 aromatic heterocycles. The highest BCUT2D eigenvalue weighted by Crippen LogP contribution is 2.32. The summed E-state index contributed by atoms with van der Waals surface area (Å²) >= 11 is 2.36. The Labute approximate surface area is 159 Å². The maximum absolute atomic E-state index is 13.5. The van der Waals surface area contributed by atoms with E-state index in [1.165, 1.54) is 6.07 Å². The van der Waals surface area contributed by atoms with Crippen LogP contribution in [0, 0.1) is 5.82 Å². The van der Waals surface area contributed by atoms with Crippen LogP contribution in [0.2, 0.25) is 0 Å². The Kier molecular flexibility index (Phi) is 4.64. The van der Waals surface area contributed by atoms with Crippen LogP contribution in [-0.4, -0.2) is 31.4 Å². The van der Waals surface area contributed by atoms with Crippen LogP contribution in [0.4, 0.5) is 4.39 Å². The highest BCUT2D eigenvalue weighted by atomic mass is 127. The monoisotopic (exact) mass is 451 g/mol. The molecule has 1 aliphatic heterocycles. The Balaban J connectivity index is 1.62. The van der Waals surface area contributed by atoms with Crippen molar-refractivity contribution in [3.8, 4) is 0 Å². The Hall–Kier alpha value is -1.67. The van der Waals surface area contributed by atoms with E-state index in [9.17, 15) is 9.60 Å². The van der Waals surface area contributed by atoms with Gasteiger partial charge in [-0.05, 0) is 47.2 Å². The second kappa shape index (κ2) is 6.92. The van der Waals surface area contributed by atoms with E-state index in [2.05, 4.69) is 31.1 Å². The molecule has 1 saturated heterocycles. The topological polar surface area (TPSA) is 41.3 Å². The average Bonchev–Trinajstić information content (AvgIpc) is 2.95. The maximum Gasteiger partial charge on any atom is 0.123 e. The first-order valence-corrected chi connectivity index (χ1v) is 9.41. The number of benzene rings is 2. The lowest BCUT2D eigenvalue weighted by molar-refractivity contribution is 0.147. The molecule has 130 valence electrons. The summed E-state index contributed by atoms with van der Waals surface area (Å²) in [7, 11) is 0. The molecule has 2 heterocycles. The number of rotatable bonds is 3. The number of aromatic nitrogens is 2.